The molecule has 1 rings (SSSR count). The summed E-state index contributed by atoms with van der Waals surface area (Å²) in [6.07, 6.45) is 7.57. The monoisotopic (exact) mass is 711 g/mol. The minimum atomic E-state index is -0.892. The number of nitrogens with two attached hydrogens (primary N) is 1. The second kappa shape index (κ2) is 24.8. The number of urea groups is 1. The van der Waals surface area contributed by atoms with Gasteiger partial charge in [-0.2, -0.15) is 0 Å². The maximum Gasteiger partial charge on any atom is 0.406 e. The van der Waals surface area contributed by atoms with Crippen LogP contribution in [0.1, 0.15) is 128 Å². The normalized spacial score (nSPS) is 15.1. The summed E-state index contributed by atoms with van der Waals surface area (Å²) >= 11 is 0. The van der Waals surface area contributed by atoms with Gasteiger partial charge in [0.25, 0.3) is 5.91 Å². The number of ketones is 1. The Hall–Kier alpha value is -3.31. The Morgan fingerprint density at radius 1 is 1.00 bits per heavy atom. The van der Waals surface area contributed by atoms with Crippen LogP contribution >= 0.6 is 0 Å². The highest BCUT2D eigenvalue weighted by Gasteiger charge is 2.31. The summed E-state index contributed by atoms with van der Waals surface area (Å²) < 4.78 is 5.05. The third kappa shape index (κ3) is 21.7. The Balaban J connectivity index is 0. The second-order valence-corrected chi connectivity index (χ2v) is 15.6. The number of alkyl carbamates (subject to hydrolysis) is 1. The van der Waals surface area contributed by atoms with Gasteiger partial charge in [-0.05, 0) is 47.8 Å². The number of Topliss-reactive ketones (excluding diaryl/α,β-unsaturated/α-hetero) is 1. The molecule has 0 radical (unpaired) electrons. The van der Waals surface area contributed by atoms with Crippen molar-refractivity contribution in [3.8, 4) is 0 Å². The molecule has 0 aromatic heterocycles. The van der Waals surface area contributed by atoms with E-state index in [9.17, 15) is 24.0 Å². The molecule has 1 fully saturated rings. The van der Waals surface area contributed by atoms with Gasteiger partial charge in [0.05, 0.1) is 12.1 Å². The van der Waals surface area contributed by atoms with Gasteiger partial charge < -0.3 is 36.6 Å². The van der Waals surface area contributed by atoms with E-state index < -0.39 is 23.8 Å². The van der Waals surface area contributed by atoms with E-state index >= 15 is 0 Å². The smallest absolute Gasteiger partial charge is 0.406 e. The van der Waals surface area contributed by atoms with Crippen molar-refractivity contribution in [1.82, 2.24) is 26.2 Å². The van der Waals surface area contributed by atoms with E-state index in [-0.39, 0.29) is 41.3 Å². The number of amides is 5. The van der Waals surface area contributed by atoms with Crippen LogP contribution in [0.5, 0.6) is 0 Å². The van der Waals surface area contributed by atoms with Crippen molar-refractivity contribution in [3.63, 3.8) is 0 Å². The molecule has 0 saturated heterocycles. The molecular formula is C38H74N6O6. The molecule has 292 valence electrons. The van der Waals surface area contributed by atoms with E-state index in [1.165, 1.54) is 19.9 Å². The largest absolute Gasteiger partial charge is 0.447 e. The molecule has 1 aliphatic carbocycles. The van der Waals surface area contributed by atoms with Crippen LogP contribution in [0.25, 0.3) is 0 Å². The Morgan fingerprint density at radius 2 is 1.56 bits per heavy atom. The molecule has 12 heteroatoms. The van der Waals surface area contributed by atoms with Crippen LogP contribution in [-0.4, -0.2) is 80.5 Å². The lowest BCUT2D eigenvalue weighted by Gasteiger charge is -2.31. The van der Waals surface area contributed by atoms with Crippen molar-refractivity contribution in [2.45, 2.75) is 140 Å². The first-order valence-corrected chi connectivity index (χ1v) is 18.5. The van der Waals surface area contributed by atoms with Crippen molar-refractivity contribution in [2.75, 3.05) is 33.8 Å². The predicted molar refractivity (Wildman–Crippen MR) is 203 cm³/mol. The Labute approximate surface area is 304 Å². The van der Waals surface area contributed by atoms with E-state index in [2.05, 4.69) is 76.3 Å². The van der Waals surface area contributed by atoms with Gasteiger partial charge in [0.15, 0.2) is 0 Å². The van der Waals surface area contributed by atoms with Gasteiger partial charge in [-0.3, -0.25) is 14.4 Å². The quantitative estimate of drug-likeness (QED) is 0.106. The summed E-state index contributed by atoms with van der Waals surface area (Å²) in [7, 11) is 3.31. The molecule has 1 saturated carbocycles. The highest BCUT2D eigenvalue weighted by molar-refractivity contribution is 6.37. The maximum atomic E-state index is 12.2. The second-order valence-electron chi connectivity index (χ2n) is 15.6. The van der Waals surface area contributed by atoms with Crippen molar-refractivity contribution >= 4 is 29.7 Å². The molecule has 12 nitrogen and oxygen atoms in total. The van der Waals surface area contributed by atoms with Crippen LogP contribution in [0.4, 0.5) is 9.59 Å². The topological polar surface area (TPSA) is 172 Å². The van der Waals surface area contributed by atoms with Crippen LogP contribution in [0.15, 0.2) is 12.3 Å². The highest BCUT2D eigenvalue weighted by Crippen LogP contribution is 2.31. The summed E-state index contributed by atoms with van der Waals surface area (Å²) in [6, 6.07) is -1.08. The SMILES string of the molecule is C=C(NC(CC1CCC1)C(=O)C(N)=O)C(C)C[C@@H](CC)CN(C)C(C)=O.CCC.CCC(C)(C)CNC(=O)NC(COC(=O)NC)C(C)(C)C. The molecule has 1 aliphatic rings. The van der Waals surface area contributed by atoms with Gasteiger partial charge in [0.2, 0.25) is 11.7 Å². The molecule has 6 N–H and O–H groups in total. The zero-order valence-electron chi connectivity index (χ0n) is 33.8. The van der Waals surface area contributed by atoms with Crippen LogP contribution in [0, 0.1) is 28.6 Å². The van der Waals surface area contributed by atoms with Crippen LogP contribution < -0.4 is 27.0 Å². The van der Waals surface area contributed by atoms with Gasteiger partial charge in [0, 0.05) is 39.8 Å². The highest BCUT2D eigenvalue weighted by atomic mass is 16.5. The van der Waals surface area contributed by atoms with E-state index in [1.807, 2.05) is 27.8 Å². The fraction of sp³-hybridized carbons (Fsp3) is 0.816. The lowest BCUT2D eigenvalue weighted by Crippen LogP contribution is -2.52. The minimum Gasteiger partial charge on any atom is -0.447 e. The molecule has 0 spiro atoms. The summed E-state index contributed by atoms with van der Waals surface area (Å²) in [5.74, 6) is -0.433. The number of ether oxygens (including phenoxy) is 1. The van der Waals surface area contributed by atoms with Gasteiger partial charge in [-0.1, -0.05) is 108 Å². The molecule has 3 unspecified atom stereocenters. The third-order valence-corrected chi connectivity index (χ3v) is 9.26. The first kappa shape index (κ1) is 48.8. The van der Waals surface area contributed by atoms with Crippen molar-refractivity contribution < 1.29 is 28.7 Å². The molecule has 0 bridgehead atoms. The number of nitrogens with one attached hydrogen (secondary N) is 4. The number of carbonyl (C=O) groups excluding carboxylic acids is 5. The Kier molecular flexibility index (Phi) is 24.2. The zero-order valence-corrected chi connectivity index (χ0v) is 33.8. The zero-order chi connectivity index (χ0) is 39.2. The molecule has 0 aliphatic heterocycles. The summed E-state index contributed by atoms with van der Waals surface area (Å²) in [5.41, 5.74) is 5.82. The molecule has 0 aromatic rings. The van der Waals surface area contributed by atoms with Gasteiger partial charge >= 0.3 is 12.1 Å². The fourth-order valence-corrected chi connectivity index (χ4v) is 4.75. The maximum absolute atomic E-state index is 12.2. The first-order chi connectivity index (χ1) is 23.1. The Bertz CT molecular complexity index is 1050. The van der Waals surface area contributed by atoms with Crippen molar-refractivity contribution in [1.29, 1.82) is 0 Å². The van der Waals surface area contributed by atoms with Gasteiger partial charge in [0.1, 0.15) is 6.61 Å². The number of hydrogen-bond acceptors (Lipinski definition) is 7. The average Bonchev–Trinajstić information content (AvgIpc) is 3.01. The predicted octanol–water partition coefficient (Wildman–Crippen LogP) is 6.14. The average molecular weight is 711 g/mol. The van der Waals surface area contributed by atoms with E-state index in [0.717, 1.165) is 37.8 Å². The van der Waals surface area contributed by atoms with Gasteiger partial charge in [-0.25, -0.2) is 9.59 Å². The minimum absolute atomic E-state index is 0.0562. The molecule has 50 heavy (non-hydrogen) atoms. The molecule has 4 atom stereocenters. The summed E-state index contributed by atoms with van der Waals surface area (Å²) in [4.78, 5) is 59.8. The lowest BCUT2D eigenvalue weighted by molar-refractivity contribution is -0.137. The number of rotatable bonds is 18. The third-order valence-electron chi connectivity index (χ3n) is 9.26. The number of hydrogen-bond donors (Lipinski definition) is 5. The standard InChI is InChI=1S/C20H35N3O3.C15H31N3O3.C3H8/c1-6-16(12-23(5)15(4)24)10-13(2)14(3)22-18(19(25)20(21)26)11-17-8-7-9-17;1-8-15(5,6)10-17-12(19)18-11(14(2,3)4)9-21-13(20)16-7;1-3-2/h13,16-18,22H,3,6-12H2,1-2,4-5H3,(H2,21,26);11H,8-10H2,1-7H3,(H,16,20)(H2,17,18,19);3H2,1-2H3/t13?,16-,18?;;/m1../s1. The number of nitrogens with zero attached hydrogens (tertiary/aromatic N) is 1. The molecule has 0 heterocycles. The molecule has 5 amide bonds. The van der Waals surface area contributed by atoms with Crippen LogP contribution in [0.2, 0.25) is 0 Å². The first-order valence-electron chi connectivity index (χ1n) is 18.5. The van der Waals surface area contributed by atoms with Crippen molar-refractivity contribution in [2.24, 2.45) is 34.3 Å². The lowest BCUT2D eigenvalue weighted by atomic mass is 9.80. The number of primary amides is 1. The Morgan fingerprint density at radius 3 is 1.96 bits per heavy atom. The molecular weight excluding hydrogens is 636 g/mol. The van der Waals surface area contributed by atoms with E-state index in [4.69, 9.17) is 10.5 Å². The molecule has 0 aromatic carbocycles. The van der Waals surface area contributed by atoms with Gasteiger partial charge in [-0.15, -0.1) is 0 Å². The number of carbonyl (C=O) groups is 5. The van der Waals surface area contributed by atoms with E-state index in [0.29, 0.717) is 31.3 Å². The fourth-order valence-electron chi connectivity index (χ4n) is 4.75. The van der Waals surface area contributed by atoms with Crippen molar-refractivity contribution in [3.05, 3.63) is 12.3 Å². The number of allylic oxidation sites excluding steroid dienone is 1. The van der Waals surface area contributed by atoms with E-state index in [1.54, 1.807) is 11.8 Å². The van der Waals surface area contributed by atoms with Crippen LogP contribution in [0.3, 0.4) is 0 Å². The summed E-state index contributed by atoms with van der Waals surface area (Å²) in [5, 5.41) is 11.3. The summed E-state index contributed by atoms with van der Waals surface area (Å²) in [6.45, 7) is 27.8. The van der Waals surface area contributed by atoms with Crippen LogP contribution in [-0.2, 0) is 19.1 Å².